The largest absolute Gasteiger partial charge is 0.434 e. The highest BCUT2D eigenvalue weighted by Gasteiger charge is 2.46. The number of nitrogens with one attached hydrogen (secondary N) is 1. The Morgan fingerprint density at radius 2 is 1.30 bits per heavy atom. The molecule has 9 heteroatoms. The van der Waals surface area contributed by atoms with E-state index in [4.69, 9.17) is 0 Å². The Balaban J connectivity index is 2.12. The first-order chi connectivity index (χ1) is 15.6. The van der Waals surface area contributed by atoms with Crippen LogP contribution in [0, 0.1) is 0 Å². The Labute approximate surface area is 184 Å². The van der Waals surface area contributed by atoms with Gasteiger partial charge in [-0.05, 0) is 30.3 Å². The summed E-state index contributed by atoms with van der Waals surface area (Å²) in [5.74, 6) is 0. The van der Waals surface area contributed by atoms with Gasteiger partial charge >= 0.3 is 12.4 Å². The molecule has 0 saturated heterocycles. The number of pyridine rings is 1. The lowest BCUT2D eigenvalue weighted by Gasteiger charge is -2.22. The molecule has 0 unspecified atom stereocenters. The van der Waals surface area contributed by atoms with Crippen molar-refractivity contribution in [3.05, 3.63) is 96.2 Å². The molecule has 0 amide bonds. The van der Waals surface area contributed by atoms with E-state index in [0.717, 1.165) is 0 Å². The lowest BCUT2D eigenvalue weighted by atomic mass is 9.99. The van der Waals surface area contributed by atoms with Crippen LogP contribution in [-0.4, -0.2) is 16.9 Å². The number of alkyl halides is 6. The van der Waals surface area contributed by atoms with E-state index in [1.807, 2.05) is 0 Å². The second kappa shape index (κ2) is 8.57. The fraction of sp³-hybridized carbons (Fsp3) is 0.0833. The number of fused-ring (bicyclic) bond motifs is 1. The summed E-state index contributed by atoms with van der Waals surface area (Å²) in [5.41, 5.74) is -4.86. The van der Waals surface area contributed by atoms with E-state index in [1.165, 1.54) is 60.7 Å². The Bertz CT molecular complexity index is 1300. The Hall–Kier alpha value is -3.88. The van der Waals surface area contributed by atoms with E-state index in [2.05, 4.69) is 15.3 Å². The van der Waals surface area contributed by atoms with Gasteiger partial charge in [0.15, 0.2) is 11.4 Å². The topological polar surface area (TPSA) is 37.3 Å². The van der Waals surface area contributed by atoms with Gasteiger partial charge in [0.25, 0.3) is 0 Å². The van der Waals surface area contributed by atoms with Gasteiger partial charge < -0.3 is 5.32 Å². The molecule has 168 valence electrons. The maximum Gasteiger partial charge on any atom is 0.434 e. The van der Waals surface area contributed by atoms with Crippen LogP contribution >= 0.6 is 0 Å². The first kappa shape index (κ1) is 22.3. The summed E-state index contributed by atoms with van der Waals surface area (Å²) in [4.78, 5) is 7.17. The summed E-state index contributed by atoms with van der Waals surface area (Å²) < 4.78 is 84.9. The second-order valence-corrected chi connectivity index (χ2v) is 7.01. The van der Waals surface area contributed by atoms with Crippen molar-refractivity contribution >= 4 is 33.7 Å². The molecule has 1 heterocycles. The van der Waals surface area contributed by atoms with Crippen LogP contribution in [-0.2, 0) is 6.18 Å². The number of aliphatic imine (C=N–C) groups is 1. The molecular formula is C24H15F6N3. The standard InChI is InChI=1S/C24H15F6N3/c25-23(26,27)21(32-16-11-5-2-6-12-16)19-20(31-15-9-3-1-4-10-15)17-13-7-8-14-18(17)33-22(19)24(28,29)30/h1-14H,(H,31,33). The van der Waals surface area contributed by atoms with Gasteiger partial charge in [0.05, 0.1) is 22.5 Å². The van der Waals surface area contributed by atoms with E-state index in [1.54, 1.807) is 24.3 Å². The molecule has 4 rings (SSSR count). The maximum atomic E-state index is 14.2. The van der Waals surface area contributed by atoms with E-state index < -0.39 is 29.3 Å². The van der Waals surface area contributed by atoms with Crippen LogP contribution in [0.3, 0.4) is 0 Å². The highest BCUT2D eigenvalue weighted by Crippen LogP contribution is 2.42. The number of rotatable bonds is 4. The molecule has 0 aliphatic carbocycles. The number of halogens is 6. The summed E-state index contributed by atoms with van der Waals surface area (Å²) in [6, 6.07) is 20.7. The molecular weight excluding hydrogens is 444 g/mol. The minimum atomic E-state index is -5.20. The summed E-state index contributed by atoms with van der Waals surface area (Å²) in [6.45, 7) is 0. The number of para-hydroxylation sites is 3. The third-order valence-corrected chi connectivity index (χ3v) is 4.71. The van der Waals surface area contributed by atoms with Gasteiger partial charge in [-0.1, -0.05) is 54.6 Å². The van der Waals surface area contributed by atoms with Crippen LogP contribution < -0.4 is 5.32 Å². The quantitative estimate of drug-likeness (QED) is 0.251. The molecule has 0 aliphatic heterocycles. The summed E-state index contributed by atoms with van der Waals surface area (Å²) >= 11 is 0. The van der Waals surface area contributed by atoms with Crippen LogP contribution in [0.1, 0.15) is 11.3 Å². The van der Waals surface area contributed by atoms with Gasteiger partial charge in [-0.25, -0.2) is 9.98 Å². The number of aromatic nitrogens is 1. The number of hydrogen-bond donors (Lipinski definition) is 1. The highest BCUT2D eigenvalue weighted by atomic mass is 19.4. The lowest BCUT2D eigenvalue weighted by Crippen LogP contribution is -2.29. The average molecular weight is 459 g/mol. The Morgan fingerprint density at radius 3 is 1.91 bits per heavy atom. The Kier molecular flexibility index (Phi) is 5.80. The van der Waals surface area contributed by atoms with E-state index >= 15 is 0 Å². The molecule has 0 aliphatic rings. The monoisotopic (exact) mass is 459 g/mol. The lowest BCUT2D eigenvalue weighted by molar-refractivity contribution is -0.141. The fourth-order valence-corrected chi connectivity index (χ4v) is 3.34. The number of nitrogens with zero attached hydrogens (tertiary/aromatic N) is 2. The fourth-order valence-electron chi connectivity index (χ4n) is 3.34. The summed E-state index contributed by atoms with van der Waals surface area (Å²) in [6.07, 6.45) is -10.4. The smallest absolute Gasteiger partial charge is 0.354 e. The minimum Gasteiger partial charge on any atom is -0.354 e. The van der Waals surface area contributed by atoms with Crippen molar-refractivity contribution in [2.45, 2.75) is 12.4 Å². The molecule has 0 radical (unpaired) electrons. The van der Waals surface area contributed by atoms with Crippen LogP contribution in [0.25, 0.3) is 10.9 Å². The van der Waals surface area contributed by atoms with Crippen molar-refractivity contribution < 1.29 is 26.3 Å². The first-order valence-electron chi connectivity index (χ1n) is 9.68. The molecule has 0 bridgehead atoms. The van der Waals surface area contributed by atoms with Crippen molar-refractivity contribution in [1.82, 2.24) is 4.98 Å². The van der Waals surface area contributed by atoms with Gasteiger partial charge in [-0.15, -0.1) is 0 Å². The van der Waals surface area contributed by atoms with Crippen molar-refractivity contribution in [2.75, 3.05) is 5.32 Å². The molecule has 4 aromatic rings. The summed E-state index contributed by atoms with van der Waals surface area (Å²) in [7, 11) is 0. The number of anilines is 2. The van der Waals surface area contributed by atoms with Gasteiger partial charge in [0, 0.05) is 11.1 Å². The second-order valence-electron chi connectivity index (χ2n) is 7.01. The molecule has 33 heavy (non-hydrogen) atoms. The normalized spacial score (nSPS) is 12.7. The van der Waals surface area contributed by atoms with Crippen molar-refractivity contribution in [3.8, 4) is 0 Å². The summed E-state index contributed by atoms with van der Waals surface area (Å²) in [5, 5.41) is 2.84. The van der Waals surface area contributed by atoms with Gasteiger partial charge in [0.1, 0.15) is 0 Å². The van der Waals surface area contributed by atoms with E-state index in [-0.39, 0.29) is 22.3 Å². The number of benzene rings is 3. The van der Waals surface area contributed by atoms with Crippen molar-refractivity contribution in [1.29, 1.82) is 0 Å². The SMILES string of the molecule is FC(F)(F)C(=Nc1ccccc1)c1c(C(F)(F)F)nc2ccccc2c1Nc1ccccc1. The molecule has 0 atom stereocenters. The molecule has 3 aromatic carbocycles. The van der Waals surface area contributed by atoms with Crippen LogP contribution in [0.15, 0.2) is 89.9 Å². The predicted molar refractivity (Wildman–Crippen MR) is 115 cm³/mol. The highest BCUT2D eigenvalue weighted by molar-refractivity contribution is 6.15. The van der Waals surface area contributed by atoms with Gasteiger partial charge in [-0.3, -0.25) is 0 Å². The Morgan fingerprint density at radius 1 is 0.727 bits per heavy atom. The predicted octanol–water partition coefficient (Wildman–Crippen LogP) is 7.68. The molecule has 0 saturated carbocycles. The maximum absolute atomic E-state index is 14.2. The van der Waals surface area contributed by atoms with Crippen molar-refractivity contribution in [3.63, 3.8) is 0 Å². The number of hydrogen-bond acceptors (Lipinski definition) is 3. The third-order valence-electron chi connectivity index (χ3n) is 4.71. The van der Waals surface area contributed by atoms with Gasteiger partial charge in [-0.2, -0.15) is 26.3 Å². The zero-order valence-electron chi connectivity index (χ0n) is 16.7. The van der Waals surface area contributed by atoms with Gasteiger partial charge in [0.2, 0.25) is 0 Å². The van der Waals surface area contributed by atoms with Crippen LogP contribution in [0.5, 0.6) is 0 Å². The third kappa shape index (κ3) is 4.82. The molecule has 3 nitrogen and oxygen atoms in total. The molecule has 1 N–H and O–H groups in total. The van der Waals surface area contributed by atoms with Crippen molar-refractivity contribution in [2.24, 2.45) is 4.99 Å². The zero-order valence-corrected chi connectivity index (χ0v) is 16.7. The average Bonchev–Trinajstić information content (AvgIpc) is 2.77. The first-order valence-corrected chi connectivity index (χ1v) is 9.68. The van der Waals surface area contributed by atoms with E-state index in [0.29, 0.717) is 5.69 Å². The van der Waals surface area contributed by atoms with Crippen LogP contribution in [0.2, 0.25) is 0 Å². The van der Waals surface area contributed by atoms with E-state index in [9.17, 15) is 26.3 Å². The molecule has 1 aromatic heterocycles. The van der Waals surface area contributed by atoms with Crippen LogP contribution in [0.4, 0.5) is 43.4 Å². The zero-order chi connectivity index (χ0) is 23.6. The molecule has 0 fully saturated rings. The minimum absolute atomic E-state index is 0.0920. The molecule has 0 spiro atoms.